The van der Waals surface area contributed by atoms with E-state index in [-0.39, 0.29) is 0 Å². The molecular weight excluding hydrogens is 419 g/mol. The van der Waals surface area contributed by atoms with Gasteiger partial charge in [0.25, 0.3) is 0 Å². The van der Waals surface area contributed by atoms with Gasteiger partial charge in [-0.05, 0) is 76.5 Å². The highest BCUT2D eigenvalue weighted by atomic mass is 127. The highest BCUT2D eigenvalue weighted by molar-refractivity contribution is 14.1. The fourth-order valence-corrected chi connectivity index (χ4v) is 3.10. The van der Waals surface area contributed by atoms with Gasteiger partial charge in [0.1, 0.15) is 11.0 Å². The van der Waals surface area contributed by atoms with E-state index in [9.17, 15) is 4.79 Å². The Balaban J connectivity index is 1.98. The third kappa shape index (κ3) is 3.03. The molecule has 0 spiro atoms. The van der Waals surface area contributed by atoms with E-state index in [0.717, 1.165) is 21.5 Å². The molecule has 0 fully saturated rings. The molecule has 0 radical (unpaired) electrons. The van der Waals surface area contributed by atoms with Crippen LogP contribution in [0.25, 0.3) is 11.0 Å². The van der Waals surface area contributed by atoms with Crippen molar-refractivity contribution in [2.24, 2.45) is 0 Å². The van der Waals surface area contributed by atoms with Gasteiger partial charge in [0.05, 0.1) is 9.28 Å². The normalized spacial score (nSPS) is 10.8. The lowest BCUT2D eigenvalue weighted by Crippen LogP contribution is -2.22. The SMILES string of the molecule is CCc1cc(C(=N)I)c(C)cc1C(=O)On1nnc2ccccc21. The molecule has 3 aromatic rings. The monoisotopic (exact) mass is 434 g/mol. The molecule has 6 nitrogen and oxygen atoms in total. The number of aromatic nitrogens is 3. The van der Waals surface area contributed by atoms with Gasteiger partial charge in [-0.25, -0.2) is 4.79 Å². The topological polar surface area (TPSA) is 80.9 Å². The molecular formula is C17H15IN4O2. The minimum Gasteiger partial charge on any atom is -0.312 e. The lowest BCUT2D eigenvalue weighted by atomic mass is 9.98. The van der Waals surface area contributed by atoms with Crippen LogP contribution in [0.15, 0.2) is 36.4 Å². The minimum absolute atomic E-state index is 0.446. The van der Waals surface area contributed by atoms with Crippen LogP contribution in [-0.2, 0) is 6.42 Å². The summed E-state index contributed by atoms with van der Waals surface area (Å²) in [6, 6.07) is 10.9. The minimum atomic E-state index is -0.489. The van der Waals surface area contributed by atoms with Crippen molar-refractivity contribution in [3.63, 3.8) is 0 Å². The van der Waals surface area contributed by atoms with Crippen molar-refractivity contribution < 1.29 is 9.63 Å². The summed E-state index contributed by atoms with van der Waals surface area (Å²) in [5.41, 5.74) is 4.30. The summed E-state index contributed by atoms with van der Waals surface area (Å²) < 4.78 is 0.446. The van der Waals surface area contributed by atoms with Crippen molar-refractivity contribution in [3.8, 4) is 0 Å². The molecule has 0 amide bonds. The molecule has 0 aliphatic rings. The quantitative estimate of drug-likeness (QED) is 0.388. The van der Waals surface area contributed by atoms with E-state index in [4.69, 9.17) is 10.2 Å². The number of fused-ring (bicyclic) bond motifs is 1. The van der Waals surface area contributed by atoms with Gasteiger partial charge >= 0.3 is 5.97 Å². The van der Waals surface area contributed by atoms with Crippen LogP contribution in [0.5, 0.6) is 0 Å². The summed E-state index contributed by atoms with van der Waals surface area (Å²) >= 11 is 1.97. The molecule has 0 aliphatic heterocycles. The van der Waals surface area contributed by atoms with Crippen LogP contribution in [0.4, 0.5) is 0 Å². The van der Waals surface area contributed by atoms with Crippen LogP contribution in [0.1, 0.15) is 34.0 Å². The summed E-state index contributed by atoms with van der Waals surface area (Å²) in [5, 5.41) is 15.7. The van der Waals surface area contributed by atoms with Gasteiger partial charge in [-0.1, -0.05) is 23.9 Å². The molecule has 0 saturated heterocycles. The standard InChI is InChI=1S/C17H15IN4O2/c1-3-11-9-12(16(18)19)10(2)8-13(11)17(23)24-22-15-7-5-4-6-14(15)20-21-22/h4-9,19H,3H2,1-2H3. The van der Waals surface area contributed by atoms with Crippen LogP contribution in [-0.4, -0.2) is 24.8 Å². The van der Waals surface area contributed by atoms with Crippen molar-refractivity contribution in [2.75, 3.05) is 0 Å². The van der Waals surface area contributed by atoms with Gasteiger partial charge in [-0.3, -0.25) is 5.41 Å². The van der Waals surface area contributed by atoms with E-state index in [2.05, 4.69) is 10.3 Å². The predicted octanol–water partition coefficient (Wildman–Crippen LogP) is 3.33. The van der Waals surface area contributed by atoms with E-state index in [1.807, 2.05) is 54.6 Å². The van der Waals surface area contributed by atoms with Crippen molar-refractivity contribution in [2.45, 2.75) is 20.3 Å². The first kappa shape index (κ1) is 16.6. The second kappa shape index (κ2) is 6.68. The van der Waals surface area contributed by atoms with Crippen LogP contribution < -0.4 is 4.84 Å². The number of benzene rings is 2. The number of hydrogen-bond donors (Lipinski definition) is 1. The maximum Gasteiger partial charge on any atom is 0.366 e. The molecule has 1 N–H and O–H groups in total. The predicted molar refractivity (Wildman–Crippen MR) is 99.8 cm³/mol. The van der Waals surface area contributed by atoms with Gasteiger partial charge in [0, 0.05) is 5.56 Å². The molecule has 0 atom stereocenters. The zero-order chi connectivity index (χ0) is 17.3. The van der Waals surface area contributed by atoms with Gasteiger partial charge < -0.3 is 4.84 Å². The van der Waals surface area contributed by atoms with Crippen LogP contribution >= 0.6 is 22.6 Å². The molecule has 122 valence electrons. The Labute approximate surface area is 152 Å². The Kier molecular flexibility index (Phi) is 4.61. The Bertz CT molecular complexity index is 949. The van der Waals surface area contributed by atoms with Gasteiger partial charge in [-0.15, -0.1) is 5.10 Å². The fourth-order valence-electron chi connectivity index (χ4n) is 2.51. The molecule has 0 bridgehead atoms. The average Bonchev–Trinajstić information content (AvgIpc) is 2.97. The number of halogens is 1. The maximum absolute atomic E-state index is 12.6. The van der Waals surface area contributed by atoms with E-state index in [1.165, 1.54) is 0 Å². The van der Waals surface area contributed by atoms with Crippen molar-refractivity contribution in [3.05, 3.63) is 58.7 Å². The molecule has 0 unspecified atom stereocenters. The summed E-state index contributed by atoms with van der Waals surface area (Å²) in [6.07, 6.45) is 0.666. The number of nitrogens with zero attached hydrogens (tertiary/aromatic N) is 3. The first-order valence-corrected chi connectivity index (χ1v) is 8.50. The molecule has 1 heterocycles. The van der Waals surface area contributed by atoms with Gasteiger partial charge in [-0.2, -0.15) is 0 Å². The highest BCUT2D eigenvalue weighted by Gasteiger charge is 2.18. The molecule has 24 heavy (non-hydrogen) atoms. The Morgan fingerprint density at radius 2 is 2.04 bits per heavy atom. The number of carbonyl (C=O) groups is 1. The van der Waals surface area contributed by atoms with E-state index in [1.54, 1.807) is 18.2 Å². The largest absolute Gasteiger partial charge is 0.366 e. The number of carbonyl (C=O) groups excluding carboxylic acids is 1. The molecule has 3 rings (SSSR count). The summed E-state index contributed by atoms with van der Waals surface area (Å²) in [5.74, 6) is -0.489. The van der Waals surface area contributed by atoms with Gasteiger partial charge in [0.15, 0.2) is 0 Å². The van der Waals surface area contributed by atoms with E-state index >= 15 is 0 Å². The highest BCUT2D eigenvalue weighted by Crippen LogP contribution is 2.20. The van der Waals surface area contributed by atoms with E-state index < -0.39 is 5.97 Å². The number of rotatable bonds is 4. The number of nitrogens with one attached hydrogen (secondary N) is 1. The lowest BCUT2D eigenvalue weighted by Gasteiger charge is -2.12. The smallest absolute Gasteiger partial charge is 0.312 e. The van der Waals surface area contributed by atoms with E-state index in [0.29, 0.717) is 26.7 Å². The van der Waals surface area contributed by atoms with Crippen LogP contribution in [0.3, 0.4) is 0 Å². The number of hydrogen-bond acceptors (Lipinski definition) is 5. The molecule has 0 aliphatic carbocycles. The fraction of sp³-hybridized carbons (Fsp3) is 0.176. The Morgan fingerprint density at radius 1 is 1.29 bits per heavy atom. The second-order valence-electron chi connectivity index (χ2n) is 5.32. The molecule has 7 heteroatoms. The third-order valence-corrected chi connectivity index (χ3v) is 4.36. The first-order valence-electron chi connectivity index (χ1n) is 7.42. The second-order valence-corrected chi connectivity index (χ2v) is 6.40. The number of para-hydroxylation sites is 1. The Morgan fingerprint density at radius 3 is 2.75 bits per heavy atom. The molecule has 0 saturated carbocycles. The summed E-state index contributed by atoms with van der Waals surface area (Å²) in [7, 11) is 0. The number of aryl methyl sites for hydroxylation is 2. The summed E-state index contributed by atoms with van der Waals surface area (Å²) in [4.78, 5) is 19.1. The third-order valence-electron chi connectivity index (χ3n) is 3.78. The van der Waals surface area contributed by atoms with Crippen molar-refractivity contribution >= 4 is 43.3 Å². The lowest BCUT2D eigenvalue weighted by molar-refractivity contribution is 0.0407. The zero-order valence-corrected chi connectivity index (χ0v) is 15.4. The Hall–Kier alpha value is -2.29. The summed E-state index contributed by atoms with van der Waals surface area (Å²) in [6.45, 7) is 3.84. The van der Waals surface area contributed by atoms with Crippen LogP contribution in [0, 0.1) is 12.3 Å². The molecule has 2 aromatic carbocycles. The van der Waals surface area contributed by atoms with Crippen molar-refractivity contribution in [1.29, 1.82) is 5.41 Å². The van der Waals surface area contributed by atoms with Crippen LogP contribution in [0.2, 0.25) is 0 Å². The maximum atomic E-state index is 12.6. The average molecular weight is 434 g/mol. The van der Waals surface area contributed by atoms with Crippen molar-refractivity contribution in [1.82, 2.24) is 15.2 Å². The first-order chi connectivity index (χ1) is 11.5. The molecule has 1 aromatic heterocycles. The zero-order valence-electron chi connectivity index (χ0n) is 13.2. The van der Waals surface area contributed by atoms with Gasteiger partial charge in [0.2, 0.25) is 0 Å².